The van der Waals surface area contributed by atoms with Gasteiger partial charge in [-0.2, -0.15) is 5.26 Å². The quantitative estimate of drug-likeness (QED) is 0.370. The highest BCUT2D eigenvalue weighted by Crippen LogP contribution is 2.22. The molecule has 2 aromatic rings. The number of nitro benzene ring substituents is 1. The van der Waals surface area contributed by atoms with E-state index in [9.17, 15) is 15.4 Å². The number of hydrogen-bond acceptors (Lipinski definition) is 5. The number of hydrogen-bond donors (Lipinski definition) is 0. The van der Waals surface area contributed by atoms with Gasteiger partial charge in [-0.3, -0.25) is 10.1 Å². The second-order valence-corrected chi connectivity index (χ2v) is 5.66. The van der Waals surface area contributed by atoms with Crippen LogP contribution in [0.15, 0.2) is 48.5 Å². The van der Waals surface area contributed by atoms with E-state index in [0.29, 0.717) is 11.1 Å². The zero-order valence-corrected chi connectivity index (χ0v) is 13.6. The first-order chi connectivity index (χ1) is 12.2. The van der Waals surface area contributed by atoms with Gasteiger partial charge in [-0.05, 0) is 41.5 Å². The molecule has 1 aliphatic rings. The number of benzene rings is 2. The van der Waals surface area contributed by atoms with Crippen LogP contribution in [0.2, 0.25) is 0 Å². The Hall–Kier alpha value is -3.17. The van der Waals surface area contributed by atoms with E-state index >= 15 is 0 Å². The maximum absolute atomic E-state index is 10.7. The molecule has 0 unspecified atom stereocenters. The molecule has 1 aliphatic heterocycles. The van der Waals surface area contributed by atoms with Crippen molar-refractivity contribution in [2.45, 2.75) is 0 Å². The number of allylic oxidation sites excluding steroid dienone is 1. The zero-order chi connectivity index (χ0) is 17.6. The third-order valence-electron chi connectivity index (χ3n) is 4.09. The molecule has 0 atom stereocenters. The van der Waals surface area contributed by atoms with E-state index in [1.54, 1.807) is 18.2 Å². The minimum absolute atomic E-state index is 0.0101. The molecular weight excluding hydrogens is 318 g/mol. The molecule has 0 radical (unpaired) electrons. The molecule has 1 fully saturated rings. The molecule has 0 spiro atoms. The van der Waals surface area contributed by atoms with Crippen LogP contribution < -0.4 is 4.90 Å². The fraction of sp³-hybridized carbons (Fsp3) is 0.211. The van der Waals surface area contributed by atoms with E-state index in [-0.39, 0.29) is 5.69 Å². The van der Waals surface area contributed by atoms with Gasteiger partial charge in [0, 0.05) is 30.9 Å². The van der Waals surface area contributed by atoms with E-state index in [0.717, 1.165) is 37.6 Å². The zero-order valence-electron chi connectivity index (χ0n) is 13.6. The summed E-state index contributed by atoms with van der Waals surface area (Å²) in [7, 11) is 0. The van der Waals surface area contributed by atoms with Gasteiger partial charge in [-0.25, -0.2) is 0 Å². The molecule has 126 valence electrons. The van der Waals surface area contributed by atoms with Crippen molar-refractivity contribution < 1.29 is 9.66 Å². The van der Waals surface area contributed by atoms with Gasteiger partial charge in [0.05, 0.1) is 29.8 Å². The van der Waals surface area contributed by atoms with Crippen molar-refractivity contribution in [2.75, 3.05) is 31.2 Å². The topological polar surface area (TPSA) is 79.4 Å². The van der Waals surface area contributed by atoms with Gasteiger partial charge >= 0.3 is 0 Å². The second kappa shape index (κ2) is 7.60. The number of nitro groups is 1. The maximum Gasteiger partial charge on any atom is 0.269 e. The van der Waals surface area contributed by atoms with Gasteiger partial charge in [-0.15, -0.1) is 0 Å². The first-order valence-electron chi connectivity index (χ1n) is 7.97. The van der Waals surface area contributed by atoms with Crippen LogP contribution in [0.25, 0.3) is 11.6 Å². The van der Waals surface area contributed by atoms with Crippen molar-refractivity contribution in [3.05, 3.63) is 69.8 Å². The first kappa shape index (κ1) is 16.7. The third-order valence-corrected chi connectivity index (χ3v) is 4.09. The number of morpholine rings is 1. The Bertz CT molecular complexity index is 814. The molecule has 6 nitrogen and oxygen atoms in total. The predicted molar refractivity (Wildman–Crippen MR) is 96.1 cm³/mol. The normalized spacial score (nSPS) is 14.8. The number of ether oxygens (including phenoxy) is 1. The summed E-state index contributed by atoms with van der Waals surface area (Å²) in [6.45, 7) is 3.23. The lowest BCUT2D eigenvalue weighted by atomic mass is 10.0. The molecule has 0 saturated carbocycles. The Balaban J connectivity index is 1.79. The summed E-state index contributed by atoms with van der Waals surface area (Å²) in [4.78, 5) is 12.5. The lowest BCUT2D eigenvalue weighted by Crippen LogP contribution is -2.36. The van der Waals surface area contributed by atoms with E-state index in [1.165, 1.54) is 12.1 Å². The standard InChI is InChI=1S/C19H17N3O3/c20-14-17(16-3-7-19(8-4-16)22(23)24)13-15-1-5-18(6-2-15)21-9-11-25-12-10-21/h1-8,13H,9-12H2/b17-13-. The Morgan fingerprint density at radius 3 is 2.32 bits per heavy atom. The van der Waals surface area contributed by atoms with Crippen molar-refractivity contribution >= 4 is 23.0 Å². The fourth-order valence-corrected chi connectivity index (χ4v) is 2.71. The average molecular weight is 335 g/mol. The molecule has 0 aromatic heterocycles. The Morgan fingerprint density at radius 1 is 1.12 bits per heavy atom. The van der Waals surface area contributed by atoms with Gasteiger partial charge in [0.15, 0.2) is 0 Å². The summed E-state index contributed by atoms with van der Waals surface area (Å²) in [5.41, 5.74) is 3.18. The van der Waals surface area contributed by atoms with Crippen LogP contribution >= 0.6 is 0 Å². The van der Waals surface area contributed by atoms with Crippen LogP contribution in [0.3, 0.4) is 0 Å². The largest absolute Gasteiger partial charge is 0.378 e. The van der Waals surface area contributed by atoms with Gasteiger partial charge in [0.2, 0.25) is 0 Å². The summed E-state index contributed by atoms with van der Waals surface area (Å²) in [5.74, 6) is 0. The lowest BCUT2D eigenvalue weighted by Gasteiger charge is -2.28. The molecule has 2 aromatic carbocycles. The molecule has 1 heterocycles. The number of nitriles is 1. The van der Waals surface area contributed by atoms with Crippen LogP contribution in [0.5, 0.6) is 0 Å². The first-order valence-corrected chi connectivity index (χ1v) is 7.97. The second-order valence-electron chi connectivity index (χ2n) is 5.66. The summed E-state index contributed by atoms with van der Waals surface area (Å²) in [5, 5.41) is 20.1. The Kier molecular flexibility index (Phi) is 5.07. The van der Waals surface area contributed by atoms with Crippen molar-refractivity contribution in [3.63, 3.8) is 0 Å². The lowest BCUT2D eigenvalue weighted by molar-refractivity contribution is -0.384. The SMILES string of the molecule is N#C/C(=C/c1ccc(N2CCOCC2)cc1)c1ccc([N+](=O)[O-])cc1. The minimum atomic E-state index is -0.454. The van der Waals surface area contributed by atoms with Gasteiger partial charge in [-0.1, -0.05) is 12.1 Å². The highest BCUT2D eigenvalue weighted by molar-refractivity contribution is 5.89. The number of non-ortho nitro benzene ring substituents is 1. The fourth-order valence-electron chi connectivity index (χ4n) is 2.71. The van der Waals surface area contributed by atoms with E-state index in [1.807, 2.05) is 24.3 Å². The van der Waals surface area contributed by atoms with Crippen molar-refractivity contribution in [3.8, 4) is 6.07 Å². The molecule has 0 bridgehead atoms. The summed E-state index contributed by atoms with van der Waals surface area (Å²) in [6.07, 6.45) is 1.78. The van der Waals surface area contributed by atoms with Gasteiger partial charge < -0.3 is 9.64 Å². The van der Waals surface area contributed by atoms with Gasteiger partial charge in [0.1, 0.15) is 0 Å². The van der Waals surface area contributed by atoms with E-state index in [4.69, 9.17) is 4.74 Å². The predicted octanol–water partition coefficient (Wildman–Crippen LogP) is 3.50. The summed E-state index contributed by atoms with van der Waals surface area (Å²) in [6, 6.07) is 16.1. The maximum atomic E-state index is 10.7. The van der Waals surface area contributed by atoms with Gasteiger partial charge in [0.25, 0.3) is 5.69 Å². The molecule has 3 rings (SSSR count). The molecule has 0 aliphatic carbocycles. The van der Waals surface area contributed by atoms with Crippen LogP contribution in [0.1, 0.15) is 11.1 Å². The van der Waals surface area contributed by atoms with Crippen molar-refractivity contribution in [1.82, 2.24) is 0 Å². The third kappa shape index (κ3) is 4.03. The number of rotatable bonds is 4. The molecule has 0 N–H and O–H groups in total. The van der Waals surface area contributed by atoms with Crippen LogP contribution in [-0.4, -0.2) is 31.2 Å². The molecule has 6 heteroatoms. The van der Waals surface area contributed by atoms with Crippen LogP contribution in [0, 0.1) is 21.4 Å². The number of anilines is 1. The minimum Gasteiger partial charge on any atom is -0.378 e. The average Bonchev–Trinajstić information content (AvgIpc) is 2.67. The Morgan fingerprint density at radius 2 is 1.76 bits per heavy atom. The van der Waals surface area contributed by atoms with E-state index < -0.39 is 4.92 Å². The number of nitrogens with zero attached hydrogens (tertiary/aromatic N) is 3. The van der Waals surface area contributed by atoms with Crippen molar-refractivity contribution in [1.29, 1.82) is 5.26 Å². The van der Waals surface area contributed by atoms with Crippen LogP contribution in [-0.2, 0) is 4.74 Å². The molecule has 0 amide bonds. The highest BCUT2D eigenvalue weighted by atomic mass is 16.6. The molecule has 25 heavy (non-hydrogen) atoms. The smallest absolute Gasteiger partial charge is 0.269 e. The summed E-state index contributed by atoms with van der Waals surface area (Å²) < 4.78 is 5.35. The molecular formula is C19H17N3O3. The Labute approximate surface area is 145 Å². The van der Waals surface area contributed by atoms with Crippen LogP contribution in [0.4, 0.5) is 11.4 Å². The highest BCUT2D eigenvalue weighted by Gasteiger charge is 2.11. The monoisotopic (exact) mass is 335 g/mol. The summed E-state index contributed by atoms with van der Waals surface area (Å²) >= 11 is 0. The molecule has 1 saturated heterocycles. The van der Waals surface area contributed by atoms with E-state index in [2.05, 4.69) is 11.0 Å². The van der Waals surface area contributed by atoms with Crippen molar-refractivity contribution in [2.24, 2.45) is 0 Å².